The van der Waals surface area contributed by atoms with Gasteiger partial charge in [-0.3, -0.25) is 14.9 Å². The Kier molecular flexibility index (Phi) is 5.22. The standard InChI is InChI=1S/C13H18N4O3/c1-16(2)8-10(11(14)7-13(15)18)9-5-3-4-6-12(9)17(19)20/h3-6,8,11H,7,14H2,1-2H3,(H2,15,18)/b10-8-. The minimum atomic E-state index is -0.698. The Morgan fingerprint density at radius 2 is 2.05 bits per heavy atom. The zero-order valence-electron chi connectivity index (χ0n) is 11.4. The molecule has 7 heteroatoms. The van der Waals surface area contributed by atoms with Gasteiger partial charge in [0.05, 0.1) is 10.5 Å². The van der Waals surface area contributed by atoms with Crippen molar-refractivity contribution < 1.29 is 9.72 Å². The number of nitro benzene ring substituents is 1. The topological polar surface area (TPSA) is 115 Å². The monoisotopic (exact) mass is 278 g/mol. The van der Waals surface area contributed by atoms with Gasteiger partial charge in [0.2, 0.25) is 5.91 Å². The van der Waals surface area contributed by atoms with E-state index in [1.165, 1.54) is 6.07 Å². The van der Waals surface area contributed by atoms with E-state index in [0.29, 0.717) is 11.1 Å². The molecule has 0 bridgehead atoms. The van der Waals surface area contributed by atoms with Gasteiger partial charge in [-0.1, -0.05) is 12.1 Å². The van der Waals surface area contributed by atoms with Crippen molar-refractivity contribution in [3.8, 4) is 0 Å². The van der Waals surface area contributed by atoms with Crippen LogP contribution in [0.5, 0.6) is 0 Å². The number of hydrogen-bond acceptors (Lipinski definition) is 5. The van der Waals surface area contributed by atoms with Crippen LogP contribution >= 0.6 is 0 Å². The van der Waals surface area contributed by atoms with E-state index in [2.05, 4.69) is 0 Å². The molecule has 1 aromatic carbocycles. The first-order valence-corrected chi connectivity index (χ1v) is 5.98. The summed E-state index contributed by atoms with van der Waals surface area (Å²) in [5.74, 6) is -0.555. The van der Waals surface area contributed by atoms with Gasteiger partial charge in [0.25, 0.3) is 5.69 Å². The van der Waals surface area contributed by atoms with E-state index < -0.39 is 16.9 Å². The highest BCUT2D eigenvalue weighted by Crippen LogP contribution is 2.28. The lowest BCUT2D eigenvalue weighted by atomic mass is 9.96. The molecule has 1 unspecified atom stereocenters. The third kappa shape index (κ3) is 4.06. The Morgan fingerprint density at radius 1 is 1.45 bits per heavy atom. The molecule has 1 atom stereocenters. The van der Waals surface area contributed by atoms with Gasteiger partial charge in [0.1, 0.15) is 0 Å². The van der Waals surface area contributed by atoms with Gasteiger partial charge in [-0.25, -0.2) is 0 Å². The fraction of sp³-hybridized carbons (Fsp3) is 0.308. The maximum Gasteiger partial charge on any atom is 0.276 e. The van der Waals surface area contributed by atoms with Crippen LogP contribution in [0.2, 0.25) is 0 Å². The predicted molar refractivity (Wildman–Crippen MR) is 76.5 cm³/mol. The number of nitrogens with two attached hydrogens (primary N) is 2. The number of hydrogen-bond donors (Lipinski definition) is 2. The van der Waals surface area contributed by atoms with Crippen molar-refractivity contribution in [3.63, 3.8) is 0 Å². The third-order valence-corrected chi connectivity index (χ3v) is 2.63. The van der Waals surface area contributed by atoms with Crippen molar-refractivity contribution >= 4 is 17.2 Å². The predicted octanol–water partition coefficient (Wildman–Crippen LogP) is 0.700. The van der Waals surface area contributed by atoms with Gasteiger partial charge in [-0.05, 0) is 11.6 Å². The summed E-state index contributed by atoms with van der Waals surface area (Å²) in [7, 11) is 3.54. The number of amides is 1. The normalized spacial score (nSPS) is 12.8. The molecule has 0 saturated heterocycles. The molecule has 20 heavy (non-hydrogen) atoms. The van der Waals surface area contributed by atoms with Gasteiger partial charge >= 0.3 is 0 Å². The van der Waals surface area contributed by atoms with Crippen LogP contribution in [0.15, 0.2) is 30.5 Å². The minimum absolute atomic E-state index is 0.0551. The number of benzene rings is 1. The first-order valence-electron chi connectivity index (χ1n) is 5.98. The van der Waals surface area contributed by atoms with E-state index in [1.54, 1.807) is 43.4 Å². The molecule has 108 valence electrons. The van der Waals surface area contributed by atoms with Crippen molar-refractivity contribution in [2.24, 2.45) is 11.5 Å². The van der Waals surface area contributed by atoms with E-state index in [4.69, 9.17) is 11.5 Å². The molecule has 0 heterocycles. The maximum absolute atomic E-state index is 11.1. The smallest absolute Gasteiger partial charge is 0.276 e. The fourth-order valence-corrected chi connectivity index (χ4v) is 1.85. The highest BCUT2D eigenvalue weighted by atomic mass is 16.6. The first-order chi connectivity index (χ1) is 9.32. The largest absolute Gasteiger partial charge is 0.383 e. The number of carbonyl (C=O) groups is 1. The summed E-state index contributed by atoms with van der Waals surface area (Å²) < 4.78 is 0. The highest BCUT2D eigenvalue weighted by molar-refractivity contribution is 5.82. The zero-order chi connectivity index (χ0) is 15.3. The van der Waals surface area contributed by atoms with Crippen LogP contribution < -0.4 is 11.5 Å². The second kappa shape index (κ2) is 6.67. The van der Waals surface area contributed by atoms with Crippen LogP contribution in [-0.4, -0.2) is 35.9 Å². The summed E-state index contributed by atoms with van der Waals surface area (Å²) in [6, 6.07) is 5.57. The molecule has 0 aliphatic rings. The average Bonchev–Trinajstić information content (AvgIpc) is 2.34. The summed E-state index contributed by atoms with van der Waals surface area (Å²) >= 11 is 0. The number of carbonyl (C=O) groups excluding carboxylic acids is 1. The summed E-state index contributed by atoms with van der Waals surface area (Å²) in [5.41, 5.74) is 11.9. The second-order valence-electron chi connectivity index (χ2n) is 4.60. The molecule has 0 aliphatic heterocycles. The van der Waals surface area contributed by atoms with E-state index >= 15 is 0 Å². The number of primary amides is 1. The molecule has 1 aromatic rings. The van der Waals surface area contributed by atoms with Crippen molar-refractivity contribution in [3.05, 3.63) is 46.1 Å². The number of para-hydroxylation sites is 1. The molecule has 0 fully saturated rings. The van der Waals surface area contributed by atoms with Crippen molar-refractivity contribution in [1.82, 2.24) is 4.90 Å². The van der Waals surface area contributed by atoms with Gasteiger partial charge < -0.3 is 16.4 Å². The lowest BCUT2D eigenvalue weighted by molar-refractivity contribution is -0.385. The molecule has 1 rings (SSSR count). The van der Waals surface area contributed by atoms with E-state index in [-0.39, 0.29) is 12.1 Å². The van der Waals surface area contributed by atoms with Crippen molar-refractivity contribution in [1.29, 1.82) is 0 Å². The van der Waals surface area contributed by atoms with Crippen LogP contribution in [0.4, 0.5) is 5.69 Å². The van der Waals surface area contributed by atoms with Gasteiger partial charge in [-0.15, -0.1) is 0 Å². The van der Waals surface area contributed by atoms with Crippen LogP contribution in [0.1, 0.15) is 12.0 Å². The summed E-state index contributed by atoms with van der Waals surface area (Å²) in [6.45, 7) is 0. The molecule has 7 nitrogen and oxygen atoms in total. The Bertz CT molecular complexity index is 540. The molecule has 0 saturated carbocycles. The zero-order valence-corrected chi connectivity index (χ0v) is 11.4. The molecule has 1 amide bonds. The van der Waals surface area contributed by atoms with Crippen LogP contribution in [0.3, 0.4) is 0 Å². The fourth-order valence-electron chi connectivity index (χ4n) is 1.85. The third-order valence-electron chi connectivity index (χ3n) is 2.63. The Balaban J connectivity index is 3.32. The van der Waals surface area contributed by atoms with Crippen molar-refractivity contribution in [2.75, 3.05) is 14.1 Å². The van der Waals surface area contributed by atoms with Crippen molar-refractivity contribution in [2.45, 2.75) is 12.5 Å². The van der Waals surface area contributed by atoms with Crippen LogP contribution in [-0.2, 0) is 4.79 Å². The SMILES string of the molecule is CN(C)/C=C(/c1ccccc1[N+](=O)[O-])C(N)CC(N)=O. The van der Waals surface area contributed by atoms with Gasteiger partial charge in [0, 0.05) is 38.8 Å². The number of nitrogens with zero attached hydrogens (tertiary/aromatic N) is 2. The minimum Gasteiger partial charge on any atom is -0.383 e. The Morgan fingerprint density at radius 3 is 2.55 bits per heavy atom. The van der Waals surface area contributed by atoms with Crippen LogP contribution in [0.25, 0.3) is 5.57 Å². The molecule has 0 aliphatic carbocycles. The number of nitro groups is 1. The molecular formula is C13H18N4O3. The maximum atomic E-state index is 11.1. The lowest BCUT2D eigenvalue weighted by Gasteiger charge is -2.18. The molecule has 0 radical (unpaired) electrons. The first kappa shape index (κ1) is 15.6. The lowest BCUT2D eigenvalue weighted by Crippen LogP contribution is -2.29. The Labute approximate surface area is 117 Å². The average molecular weight is 278 g/mol. The molecule has 4 N–H and O–H groups in total. The highest BCUT2D eigenvalue weighted by Gasteiger charge is 2.22. The van der Waals surface area contributed by atoms with E-state index in [1.807, 2.05) is 0 Å². The molecule has 0 spiro atoms. The summed E-state index contributed by atoms with van der Waals surface area (Å²) in [6.07, 6.45) is 1.58. The van der Waals surface area contributed by atoms with Gasteiger partial charge in [0.15, 0.2) is 0 Å². The summed E-state index contributed by atoms with van der Waals surface area (Å²) in [5, 5.41) is 11.1. The van der Waals surface area contributed by atoms with E-state index in [0.717, 1.165) is 0 Å². The quantitative estimate of drug-likeness (QED) is 0.587. The Hall–Kier alpha value is -2.41. The molecular weight excluding hydrogens is 260 g/mol. The van der Waals surface area contributed by atoms with Crippen LogP contribution in [0, 0.1) is 10.1 Å². The molecule has 0 aromatic heterocycles. The number of rotatable bonds is 6. The van der Waals surface area contributed by atoms with Gasteiger partial charge in [-0.2, -0.15) is 0 Å². The van der Waals surface area contributed by atoms with E-state index in [9.17, 15) is 14.9 Å². The second-order valence-corrected chi connectivity index (χ2v) is 4.60. The summed E-state index contributed by atoms with van der Waals surface area (Å²) in [4.78, 5) is 23.3.